The maximum absolute atomic E-state index is 6.32. The molecule has 0 amide bonds. The first-order chi connectivity index (χ1) is 15.2. The Labute approximate surface area is 189 Å². The maximum Gasteiger partial charge on any atom is 0.137 e. The first-order valence-electron chi connectivity index (χ1n) is 10.9. The smallest absolute Gasteiger partial charge is 0.137 e. The van der Waals surface area contributed by atoms with E-state index in [1.54, 1.807) is 12.7 Å². The third-order valence-electron chi connectivity index (χ3n) is 5.93. The largest absolute Gasteiger partial charge is 0.494 e. The molecule has 1 aromatic carbocycles. The van der Waals surface area contributed by atoms with Crippen LogP contribution in [0.15, 0.2) is 84.1 Å². The standard InChI is InChI=1S/C25H29ClN4O/c1-3-4-9-22-23-15-20(26)10-11-24(23)29-25(22)18(2)19-7-5-8-21(14-19)31-13-6-12-30-17-27-16-28-30/h3,5,7-8,10-11,14-18,23-24,29H,1,4,6,9,12-13H2,2H3. The number of nitrogens with zero attached hydrogens (tertiary/aromatic N) is 3. The molecule has 1 aliphatic heterocycles. The molecule has 2 heterocycles. The highest BCUT2D eigenvalue weighted by atomic mass is 35.5. The fourth-order valence-electron chi connectivity index (χ4n) is 4.32. The summed E-state index contributed by atoms with van der Waals surface area (Å²) in [6, 6.07) is 8.69. The Kier molecular flexibility index (Phi) is 6.92. The number of nitrogens with one attached hydrogen (secondary N) is 1. The van der Waals surface area contributed by atoms with Crippen molar-refractivity contribution in [2.75, 3.05) is 6.61 Å². The second-order valence-electron chi connectivity index (χ2n) is 8.03. The molecule has 162 valence electrons. The molecule has 3 unspecified atom stereocenters. The number of benzene rings is 1. The monoisotopic (exact) mass is 436 g/mol. The molecule has 4 rings (SSSR count). The summed E-state index contributed by atoms with van der Waals surface area (Å²) in [7, 11) is 0. The van der Waals surface area contributed by atoms with E-state index in [4.69, 9.17) is 16.3 Å². The van der Waals surface area contributed by atoms with Crippen LogP contribution in [0.25, 0.3) is 0 Å². The molecule has 2 aromatic rings. The predicted molar refractivity (Wildman–Crippen MR) is 125 cm³/mol. The number of fused-ring (bicyclic) bond motifs is 1. The van der Waals surface area contributed by atoms with Gasteiger partial charge in [0.2, 0.25) is 0 Å². The Morgan fingerprint density at radius 3 is 3.10 bits per heavy atom. The van der Waals surface area contributed by atoms with Crippen molar-refractivity contribution in [2.24, 2.45) is 5.92 Å². The number of aromatic nitrogens is 3. The van der Waals surface area contributed by atoms with E-state index in [-0.39, 0.29) is 12.0 Å². The van der Waals surface area contributed by atoms with E-state index in [0.29, 0.717) is 12.5 Å². The van der Waals surface area contributed by atoms with Crippen LogP contribution in [0.3, 0.4) is 0 Å². The van der Waals surface area contributed by atoms with Crippen LogP contribution in [-0.2, 0) is 6.54 Å². The van der Waals surface area contributed by atoms with Crippen molar-refractivity contribution in [3.63, 3.8) is 0 Å². The Morgan fingerprint density at radius 2 is 2.29 bits per heavy atom. The van der Waals surface area contributed by atoms with Gasteiger partial charge in [0.15, 0.2) is 0 Å². The molecular weight excluding hydrogens is 408 g/mol. The third-order valence-corrected chi connectivity index (χ3v) is 6.19. The van der Waals surface area contributed by atoms with Crippen LogP contribution in [0.2, 0.25) is 0 Å². The van der Waals surface area contributed by atoms with Crippen molar-refractivity contribution in [3.8, 4) is 5.75 Å². The van der Waals surface area contributed by atoms with Gasteiger partial charge in [0.1, 0.15) is 18.4 Å². The molecule has 6 heteroatoms. The Morgan fingerprint density at radius 1 is 1.39 bits per heavy atom. The van der Waals surface area contributed by atoms with E-state index < -0.39 is 0 Å². The summed E-state index contributed by atoms with van der Waals surface area (Å²) >= 11 is 6.32. The first kappa shape index (κ1) is 21.4. The second kappa shape index (κ2) is 10.0. The average Bonchev–Trinajstić information content (AvgIpc) is 3.42. The quantitative estimate of drug-likeness (QED) is 0.403. The minimum Gasteiger partial charge on any atom is -0.494 e. The zero-order valence-electron chi connectivity index (χ0n) is 17.9. The van der Waals surface area contributed by atoms with Crippen molar-refractivity contribution >= 4 is 11.6 Å². The predicted octanol–water partition coefficient (Wildman–Crippen LogP) is 5.35. The lowest BCUT2D eigenvalue weighted by molar-refractivity contribution is 0.298. The topological polar surface area (TPSA) is 52.0 Å². The summed E-state index contributed by atoms with van der Waals surface area (Å²) in [6.07, 6.45) is 14.4. The molecule has 31 heavy (non-hydrogen) atoms. The number of aryl methyl sites for hydroxylation is 1. The molecule has 3 atom stereocenters. The van der Waals surface area contributed by atoms with Crippen LogP contribution in [0, 0.1) is 5.92 Å². The maximum atomic E-state index is 6.32. The van der Waals surface area contributed by atoms with Gasteiger partial charge in [0, 0.05) is 35.5 Å². The van der Waals surface area contributed by atoms with Crippen LogP contribution in [0.1, 0.15) is 37.7 Å². The molecule has 0 radical (unpaired) electrons. The fourth-order valence-corrected chi connectivity index (χ4v) is 4.53. The van der Waals surface area contributed by atoms with Crippen molar-refractivity contribution < 1.29 is 4.74 Å². The number of hydrogen-bond acceptors (Lipinski definition) is 4. The lowest BCUT2D eigenvalue weighted by atomic mass is 9.86. The van der Waals surface area contributed by atoms with Gasteiger partial charge in [0.25, 0.3) is 0 Å². The lowest BCUT2D eigenvalue weighted by Crippen LogP contribution is -2.28. The van der Waals surface area contributed by atoms with Crippen LogP contribution >= 0.6 is 11.6 Å². The Bertz CT molecular complexity index is 993. The van der Waals surface area contributed by atoms with Gasteiger partial charge in [-0.3, -0.25) is 4.68 Å². The van der Waals surface area contributed by atoms with Gasteiger partial charge in [-0.25, -0.2) is 4.98 Å². The van der Waals surface area contributed by atoms with E-state index in [1.165, 1.54) is 16.8 Å². The molecule has 5 nitrogen and oxygen atoms in total. The summed E-state index contributed by atoms with van der Waals surface area (Å²) in [5, 5.41) is 8.69. The molecule has 0 saturated heterocycles. The van der Waals surface area contributed by atoms with E-state index in [1.807, 2.05) is 22.9 Å². The van der Waals surface area contributed by atoms with E-state index in [9.17, 15) is 0 Å². The summed E-state index contributed by atoms with van der Waals surface area (Å²) in [6.45, 7) is 7.60. The van der Waals surface area contributed by atoms with Crippen LogP contribution in [0.5, 0.6) is 5.75 Å². The number of allylic oxidation sites excluding steroid dienone is 4. The molecule has 0 bridgehead atoms. The van der Waals surface area contributed by atoms with E-state index in [2.05, 4.69) is 59.3 Å². The molecular formula is C25H29ClN4O. The van der Waals surface area contributed by atoms with Gasteiger partial charge in [0.05, 0.1) is 12.6 Å². The summed E-state index contributed by atoms with van der Waals surface area (Å²) in [5.41, 5.74) is 3.97. The van der Waals surface area contributed by atoms with Crippen molar-refractivity contribution in [3.05, 3.63) is 89.7 Å². The van der Waals surface area contributed by atoms with E-state index in [0.717, 1.165) is 36.6 Å². The average molecular weight is 437 g/mol. The molecule has 0 fully saturated rings. The summed E-state index contributed by atoms with van der Waals surface area (Å²) in [4.78, 5) is 3.96. The lowest BCUT2D eigenvalue weighted by Gasteiger charge is -2.20. The SMILES string of the molecule is C=CCCC1=C(C(C)c2cccc(OCCCn3cncn3)c2)NC2C=CC(Cl)=CC12. The molecule has 1 N–H and O–H groups in total. The highest BCUT2D eigenvalue weighted by Gasteiger charge is 2.34. The van der Waals surface area contributed by atoms with Gasteiger partial charge in [-0.15, -0.1) is 6.58 Å². The Hall–Kier alpha value is -2.79. The normalized spacial score (nSPS) is 20.8. The molecule has 1 aliphatic carbocycles. The summed E-state index contributed by atoms with van der Waals surface area (Å²) in [5.74, 6) is 1.45. The van der Waals surface area contributed by atoms with Crippen molar-refractivity contribution in [2.45, 2.75) is 44.7 Å². The minimum atomic E-state index is 0.240. The molecule has 2 aliphatic rings. The second-order valence-corrected chi connectivity index (χ2v) is 8.46. The number of halogens is 1. The van der Waals surface area contributed by atoms with Crippen molar-refractivity contribution in [1.82, 2.24) is 20.1 Å². The van der Waals surface area contributed by atoms with Gasteiger partial charge in [-0.2, -0.15) is 5.10 Å². The molecule has 0 saturated carbocycles. The highest BCUT2D eigenvalue weighted by molar-refractivity contribution is 6.31. The van der Waals surface area contributed by atoms with Crippen LogP contribution in [0.4, 0.5) is 0 Å². The van der Waals surface area contributed by atoms with Crippen LogP contribution < -0.4 is 10.1 Å². The molecule has 1 aromatic heterocycles. The first-order valence-corrected chi connectivity index (χ1v) is 11.2. The van der Waals surface area contributed by atoms with Crippen molar-refractivity contribution in [1.29, 1.82) is 0 Å². The van der Waals surface area contributed by atoms with E-state index >= 15 is 0 Å². The third kappa shape index (κ3) is 5.10. The number of hydrogen-bond donors (Lipinski definition) is 1. The minimum absolute atomic E-state index is 0.240. The van der Waals surface area contributed by atoms with Gasteiger partial charge in [-0.05, 0) is 42.2 Å². The van der Waals surface area contributed by atoms with Gasteiger partial charge < -0.3 is 10.1 Å². The van der Waals surface area contributed by atoms with Gasteiger partial charge >= 0.3 is 0 Å². The molecule has 0 spiro atoms. The number of rotatable bonds is 10. The van der Waals surface area contributed by atoms with Gasteiger partial charge in [-0.1, -0.05) is 48.9 Å². The van der Waals surface area contributed by atoms with Crippen LogP contribution in [-0.4, -0.2) is 27.4 Å². The Balaban J connectivity index is 1.46. The highest BCUT2D eigenvalue weighted by Crippen LogP contribution is 2.40. The zero-order valence-corrected chi connectivity index (χ0v) is 18.6. The summed E-state index contributed by atoms with van der Waals surface area (Å²) < 4.78 is 7.83. The zero-order chi connectivity index (χ0) is 21.6. The number of ether oxygens (including phenoxy) is 1. The fraction of sp³-hybridized carbons (Fsp3) is 0.360.